The molecule has 0 bridgehead atoms. The van der Waals surface area contributed by atoms with E-state index in [0.717, 1.165) is 18.5 Å². The van der Waals surface area contributed by atoms with E-state index in [4.69, 9.17) is 0 Å². The number of aryl methyl sites for hydroxylation is 1. The molecule has 0 saturated heterocycles. The summed E-state index contributed by atoms with van der Waals surface area (Å²) in [6, 6.07) is 4.49. The molecule has 17 heavy (non-hydrogen) atoms. The monoisotopic (exact) mass is 234 g/mol. The van der Waals surface area contributed by atoms with Crippen molar-refractivity contribution < 1.29 is 5.11 Å². The molecule has 1 aliphatic rings. The summed E-state index contributed by atoms with van der Waals surface area (Å²) < 4.78 is 0. The third-order valence-electron chi connectivity index (χ3n) is 3.58. The predicted octanol–water partition coefficient (Wildman–Crippen LogP) is 1.86. The number of fused-ring (bicyclic) bond motifs is 1. The van der Waals surface area contributed by atoms with Crippen LogP contribution in [0.15, 0.2) is 18.3 Å². The lowest BCUT2D eigenvalue weighted by molar-refractivity contribution is 0.0282. The number of hydrogen-bond donors (Lipinski definition) is 2. The number of aliphatic hydroxyl groups is 1. The molecule has 0 aromatic carbocycles. The van der Waals surface area contributed by atoms with Gasteiger partial charge in [0.1, 0.15) is 0 Å². The Morgan fingerprint density at radius 1 is 1.59 bits per heavy atom. The molecule has 0 radical (unpaired) electrons. The van der Waals surface area contributed by atoms with E-state index in [0.29, 0.717) is 12.6 Å². The molecule has 1 aromatic rings. The average molecular weight is 234 g/mol. The van der Waals surface area contributed by atoms with Crippen LogP contribution in [0.3, 0.4) is 0 Å². The maximum Gasteiger partial charge on any atom is 0.0827 e. The van der Waals surface area contributed by atoms with E-state index in [1.54, 1.807) is 0 Å². The number of rotatable bonds is 4. The Kier molecular flexibility index (Phi) is 3.50. The van der Waals surface area contributed by atoms with Crippen LogP contribution in [-0.4, -0.2) is 28.3 Å². The molecular weight excluding hydrogens is 212 g/mol. The summed E-state index contributed by atoms with van der Waals surface area (Å²) in [6.45, 7) is 6.72. The van der Waals surface area contributed by atoms with Gasteiger partial charge in [-0.15, -0.1) is 0 Å². The van der Waals surface area contributed by atoms with Crippen LogP contribution in [0.25, 0.3) is 0 Å². The van der Waals surface area contributed by atoms with Gasteiger partial charge in [-0.05, 0) is 31.4 Å². The molecule has 0 fully saturated rings. The summed E-state index contributed by atoms with van der Waals surface area (Å²) in [5.41, 5.74) is 1.66. The van der Waals surface area contributed by atoms with Gasteiger partial charge in [0.05, 0.1) is 5.60 Å². The fourth-order valence-corrected chi connectivity index (χ4v) is 2.55. The highest BCUT2D eigenvalue weighted by Crippen LogP contribution is 2.38. The van der Waals surface area contributed by atoms with Gasteiger partial charge < -0.3 is 10.4 Å². The Hall–Kier alpha value is -0.930. The van der Waals surface area contributed by atoms with Gasteiger partial charge in [0.2, 0.25) is 0 Å². The zero-order valence-corrected chi connectivity index (χ0v) is 10.9. The van der Waals surface area contributed by atoms with Gasteiger partial charge in [-0.1, -0.05) is 19.9 Å². The predicted molar refractivity (Wildman–Crippen MR) is 69.1 cm³/mol. The third kappa shape index (κ3) is 2.67. The van der Waals surface area contributed by atoms with Crippen molar-refractivity contribution >= 4 is 0 Å². The lowest BCUT2D eigenvalue weighted by atomic mass is 9.86. The second kappa shape index (κ2) is 4.75. The molecular formula is C14H22N2O. The van der Waals surface area contributed by atoms with Crippen molar-refractivity contribution in [1.29, 1.82) is 0 Å². The molecule has 2 atom stereocenters. The Morgan fingerprint density at radius 2 is 2.35 bits per heavy atom. The van der Waals surface area contributed by atoms with E-state index in [9.17, 15) is 5.11 Å². The number of pyridine rings is 1. The number of nitrogens with zero attached hydrogens (tertiary/aromatic N) is 1. The van der Waals surface area contributed by atoms with Crippen molar-refractivity contribution in [3.05, 3.63) is 29.6 Å². The first-order valence-electron chi connectivity index (χ1n) is 6.40. The Labute approximate surface area is 103 Å². The highest BCUT2D eigenvalue weighted by Gasteiger charge is 2.38. The Balaban J connectivity index is 2.13. The standard InChI is InChI=1S/C14H22N2O/c1-10(2)16-9-14(3,17)12-7-6-11-5-4-8-15-13(11)12/h4-5,8,10,12,16-17H,6-7,9H2,1-3H3. The molecule has 0 saturated carbocycles. The van der Waals surface area contributed by atoms with Crippen LogP contribution in [0.4, 0.5) is 0 Å². The van der Waals surface area contributed by atoms with Gasteiger partial charge in [-0.25, -0.2) is 0 Å². The first-order valence-corrected chi connectivity index (χ1v) is 6.40. The van der Waals surface area contributed by atoms with Crippen LogP contribution in [0, 0.1) is 0 Å². The van der Waals surface area contributed by atoms with Gasteiger partial charge in [0.25, 0.3) is 0 Å². The van der Waals surface area contributed by atoms with E-state index >= 15 is 0 Å². The maximum absolute atomic E-state index is 10.6. The largest absolute Gasteiger partial charge is 0.388 e. The Bertz CT molecular complexity index is 388. The molecule has 1 heterocycles. The van der Waals surface area contributed by atoms with Crippen molar-refractivity contribution in [3.8, 4) is 0 Å². The smallest absolute Gasteiger partial charge is 0.0827 e. The van der Waals surface area contributed by atoms with Gasteiger partial charge >= 0.3 is 0 Å². The lowest BCUT2D eigenvalue weighted by Gasteiger charge is -2.31. The first kappa shape index (κ1) is 12.5. The molecule has 0 aliphatic heterocycles. The van der Waals surface area contributed by atoms with Gasteiger partial charge in [-0.2, -0.15) is 0 Å². The van der Waals surface area contributed by atoms with Crippen molar-refractivity contribution in [2.24, 2.45) is 0 Å². The van der Waals surface area contributed by atoms with Crippen molar-refractivity contribution in [2.75, 3.05) is 6.54 Å². The Morgan fingerprint density at radius 3 is 3.06 bits per heavy atom. The molecule has 2 N–H and O–H groups in total. The summed E-state index contributed by atoms with van der Waals surface area (Å²) in [5, 5.41) is 13.9. The first-order chi connectivity index (χ1) is 8.00. The van der Waals surface area contributed by atoms with Gasteiger partial charge in [0.15, 0.2) is 0 Å². The minimum absolute atomic E-state index is 0.157. The molecule has 2 rings (SSSR count). The summed E-state index contributed by atoms with van der Waals surface area (Å²) in [6.07, 6.45) is 3.86. The minimum atomic E-state index is -0.718. The van der Waals surface area contributed by atoms with Crippen LogP contribution >= 0.6 is 0 Å². The van der Waals surface area contributed by atoms with Crippen LogP contribution in [0.2, 0.25) is 0 Å². The molecule has 3 nitrogen and oxygen atoms in total. The molecule has 1 aliphatic carbocycles. The molecule has 2 unspecified atom stereocenters. The molecule has 3 heteroatoms. The van der Waals surface area contributed by atoms with Gasteiger partial charge in [-0.3, -0.25) is 4.98 Å². The molecule has 0 spiro atoms. The summed E-state index contributed by atoms with van der Waals surface area (Å²) in [5.74, 6) is 0.157. The van der Waals surface area contributed by atoms with E-state index in [1.165, 1.54) is 5.56 Å². The number of hydrogen-bond acceptors (Lipinski definition) is 3. The third-order valence-corrected chi connectivity index (χ3v) is 3.58. The summed E-state index contributed by atoms with van der Waals surface area (Å²) >= 11 is 0. The second-order valence-corrected chi connectivity index (χ2v) is 5.53. The van der Waals surface area contributed by atoms with Crippen molar-refractivity contribution in [2.45, 2.75) is 51.2 Å². The lowest BCUT2D eigenvalue weighted by Crippen LogP contribution is -2.44. The van der Waals surface area contributed by atoms with E-state index in [2.05, 4.69) is 30.2 Å². The topological polar surface area (TPSA) is 45.1 Å². The van der Waals surface area contributed by atoms with E-state index in [1.807, 2.05) is 19.2 Å². The number of aromatic nitrogens is 1. The van der Waals surface area contributed by atoms with Crippen LogP contribution in [0.5, 0.6) is 0 Å². The second-order valence-electron chi connectivity index (χ2n) is 5.53. The zero-order valence-electron chi connectivity index (χ0n) is 10.9. The SMILES string of the molecule is CC(C)NCC(C)(O)C1CCc2cccnc21. The summed E-state index contributed by atoms with van der Waals surface area (Å²) in [7, 11) is 0. The van der Waals surface area contributed by atoms with Crippen LogP contribution < -0.4 is 5.32 Å². The van der Waals surface area contributed by atoms with Crippen molar-refractivity contribution in [1.82, 2.24) is 10.3 Å². The zero-order chi connectivity index (χ0) is 12.5. The van der Waals surface area contributed by atoms with Crippen molar-refractivity contribution in [3.63, 3.8) is 0 Å². The van der Waals surface area contributed by atoms with Gasteiger partial charge in [0, 0.05) is 30.4 Å². The molecule has 94 valence electrons. The summed E-state index contributed by atoms with van der Waals surface area (Å²) in [4.78, 5) is 4.45. The van der Waals surface area contributed by atoms with Crippen LogP contribution in [-0.2, 0) is 6.42 Å². The maximum atomic E-state index is 10.6. The highest BCUT2D eigenvalue weighted by molar-refractivity contribution is 5.31. The van der Waals surface area contributed by atoms with E-state index in [-0.39, 0.29) is 5.92 Å². The van der Waals surface area contributed by atoms with E-state index < -0.39 is 5.60 Å². The average Bonchev–Trinajstić information content (AvgIpc) is 2.71. The quantitative estimate of drug-likeness (QED) is 0.836. The normalized spacial score (nSPS) is 22.5. The number of nitrogens with one attached hydrogen (secondary N) is 1. The fourth-order valence-electron chi connectivity index (χ4n) is 2.55. The fraction of sp³-hybridized carbons (Fsp3) is 0.643. The highest BCUT2D eigenvalue weighted by atomic mass is 16.3. The minimum Gasteiger partial charge on any atom is -0.388 e. The van der Waals surface area contributed by atoms with Crippen LogP contribution in [0.1, 0.15) is 44.4 Å². The molecule has 1 aromatic heterocycles. The molecule has 0 amide bonds.